The van der Waals surface area contributed by atoms with Crippen LogP contribution in [0.4, 0.5) is 8.78 Å². The molecule has 0 amide bonds. The summed E-state index contributed by atoms with van der Waals surface area (Å²) in [5.41, 5.74) is 2.76. The molecular formula is C16H18F2N2O2. The number of halogens is 2. The third-order valence-electron chi connectivity index (χ3n) is 3.23. The fraction of sp³-hybridized carbons (Fsp3) is 0.375. The van der Waals surface area contributed by atoms with Crippen molar-refractivity contribution in [3.63, 3.8) is 0 Å². The van der Waals surface area contributed by atoms with Crippen molar-refractivity contribution in [2.45, 2.75) is 33.8 Å². The number of hydrogen-bond acceptors (Lipinski definition) is 3. The summed E-state index contributed by atoms with van der Waals surface area (Å²) < 4.78 is 30.4. The van der Waals surface area contributed by atoms with Gasteiger partial charge < -0.3 is 4.74 Å². The summed E-state index contributed by atoms with van der Waals surface area (Å²) in [6, 6.07) is 6.20. The Kier molecular flexibility index (Phi) is 4.90. The molecule has 118 valence electrons. The van der Waals surface area contributed by atoms with E-state index in [0.717, 1.165) is 12.0 Å². The van der Waals surface area contributed by atoms with Crippen LogP contribution in [0.15, 0.2) is 24.3 Å². The largest absolute Gasteiger partial charge is 0.435 e. The minimum atomic E-state index is -2.85. The van der Waals surface area contributed by atoms with E-state index in [-0.39, 0.29) is 5.75 Å². The van der Waals surface area contributed by atoms with Crippen LogP contribution in [-0.2, 0) is 6.42 Å². The van der Waals surface area contributed by atoms with E-state index < -0.39 is 6.61 Å². The molecular weight excluding hydrogens is 290 g/mol. The Morgan fingerprint density at radius 2 is 1.91 bits per heavy atom. The van der Waals surface area contributed by atoms with E-state index >= 15 is 0 Å². The summed E-state index contributed by atoms with van der Waals surface area (Å²) >= 11 is 0. The third kappa shape index (κ3) is 3.50. The van der Waals surface area contributed by atoms with E-state index in [9.17, 15) is 13.6 Å². The molecule has 1 aromatic heterocycles. The van der Waals surface area contributed by atoms with E-state index in [2.05, 4.69) is 23.7 Å². The van der Waals surface area contributed by atoms with Crippen LogP contribution in [0.1, 0.15) is 35.6 Å². The van der Waals surface area contributed by atoms with Gasteiger partial charge in [-0.3, -0.25) is 4.79 Å². The number of nitrogens with zero attached hydrogens (tertiary/aromatic N) is 2. The predicted octanol–water partition coefficient (Wildman–Crippen LogP) is 3.79. The molecule has 0 fully saturated rings. The van der Waals surface area contributed by atoms with Crippen molar-refractivity contribution >= 4 is 6.29 Å². The second-order valence-corrected chi connectivity index (χ2v) is 5.45. The lowest BCUT2D eigenvalue weighted by Crippen LogP contribution is -2.07. The SMILES string of the molecule is Cc1nn(-c2ccc(OC(F)F)cc2)c(CC(C)C)c1C=O. The first-order chi connectivity index (χ1) is 10.4. The molecule has 0 unspecified atom stereocenters. The van der Waals surface area contributed by atoms with E-state index in [0.29, 0.717) is 29.3 Å². The van der Waals surface area contributed by atoms with Crippen molar-refractivity contribution in [3.05, 3.63) is 41.2 Å². The molecule has 0 aliphatic rings. The second-order valence-electron chi connectivity index (χ2n) is 5.45. The Hall–Kier alpha value is -2.24. The quantitative estimate of drug-likeness (QED) is 0.763. The van der Waals surface area contributed by atoms with E-state index in [1.54, 1.807) is 23.7 Å². The van der Waals surface area contributed by atoms with Gasteiger partial charge in [-0.05, 0) is 43.5 Å². The van der Waals surface area contributed by atoms with Crippen LogP contribution >= 0.6 is 0 Å². The second kappa shape index (κ2) is 6.68. The highest BCUT2D eigenvalue weighted by Crippen LogP contribution is 2.22. The Balaban J connectivity index is 2.41. The average molecular weight is 308 g/mol. The van der Waals surface area contributed by atoms with Crippen LogP contribution in [0.3, 0.4) is 0 Å². The van der Waals surface area contributed by atoms with Gasteiger partial charge in [-0.1, -0.05) is 13.8 Å². The maximum Gasteiger partial charge on any atom is 0.387 e. The number of carbonyl (C=O) groups excluding carboxylic acids is 1. The maximum atomic E-state index is 12.2. The molecule has 2 rings (SSSR count). The first-order valence-corrected chi connectivity index (χ1v) is 7.01. The van der Waals surface area contributed by atoms with Gasteiger partial charge in [0.15, 0.2) is 6.29 Å². The van der Waals surface area contributed by atoms with Gasteiger partial charge in [0.2, 0.25) is 0 Å². The smallest absolute Gasteiger partial charge is 0.387 e. The molecule has 2 aromatic rings. The van der Waals surface area contributed by atoms with Gasteiger partial charge in [-0.25, -0.2) is 4.68 Å². The first kappa shape index (κ1) is 16.1. The minimum absolute atomic E-state index is 0.0867. The summed E-state index contributed by atoms with van der Waals surface area (Å²) in [4.78, 5) is 11.3. The molecule has 0 N–H and O–H groups in total. The van der Waals surface area contributed by atoms with Crippen molar-refractivity contribution in [2.24, 2.45) is 5.92 Å². The van der Waals surface area contributed by atoms with Crippen LogP contribution in [0.25, 0.3) is 5.69 Å². The summed E-state index contributed by atoms with van der Waals surface area (Å²) in [5, 5.41) is 4.39. The predicted molar refractivity (Wildman–Crippen MR) is 78.9 cm³/mol. The summed E-state index contributed by atoms with van der Waals surface area (Å²) in [7, 11) is 0. The molecule has 1 aromatic carbocycles. The molecule has 6 heteroatoms. The van der Waals surface area contributed by atoms with Crippen molar-refractivity contribution in [1.29, 1.82) is 0 Å². The van der Waals surface area contributed by atoms with E-state index in [1.165, 1.54) is 12.1 Å². The Morgan fingerprint density at radius 3 is 2.41 bits per heavy atom. The fourth-order valence-electron chi connectivity index (χ4n) is 2.31. The van der Waals surface area contributed by atoms with Gasteiger partial charge in [0.1, 0.15) is 5.75 Å². The highest BCUT2D eigenvalue weighted by Gasteiger charge is 2.17. The van der Waals surface area contributed by atoms with Crippen LogP contribution in [0.2, 0.25) is 0 Å². The maximum absolute atomic E-state index is 12.2. The van der Waals surface area contributed by atoms with Crippen molar-refractivity contribution in [2.75, 3.05) is 0 Å². The molecule has 22 heavy (non-hydrogen) atoms. The van der Waals surface area contributed by atoms with Crippen molar-refractivity contribution in [3.8, 4) is 11.4 Å². The van der Waals surface area contributed by atoms with Gasteiger partial charge in [-0.2, -0.15) is 13.9 Å². The first-order valence-electron chi connectivity index (χ1n) is 7.01. The molecule has 0 saturated heterocycles. The monoisotopic (exact) mass is 308 g/mol. The minimum Gasteiger partial charge on any atom is -0.435 e. The zero-order valence-corrected chi connectivity index (χ0v) is 12.7. The lowest BCUT2D eigenvalue weighted by atomic mass is 10.0. The number of ether oxygens (including phenoxy) is 1. The number of hydrogen-bond donors (Lipinski definition) is 0. The Labute approximate surface area is 127 Å². The van der Waals surface area contributed by atoms with Crippen molar-refractivity contribution < 1.29 is 18.3 Å². The average Bonchev–Trinajstić information content (AvgIpc) is 2.74. The summed E-state index contributed by atoms with van der Waals surface area (Å²) in [6.07, 6.45) is 1.51. The van der Waals surface area contributed by atoms with Gasteiger partial charge in [0.25, 0.3) is 0 Å². The van der Waals surface area contributed by atoms with Gasteiger partial charge in [0, 0.05) is 0 Å². The molecule has 0 atom stereocenters. The number of alkyl halides is 2. The number of carbonyl (C=O) groups is 1. The summed E-state index contributed by atoms with van der Waals surface area (Å²) in [5.74, 6) is 0.443. The zero-order valence-electron chi connectivity index (χ0n) is 12.7. The van der Waals surface area contributed by atoms with E-state index in [1.807, 2.05) is 0 Å². The van der Waals surface area contributed by atoms with Gasteiger partial charge in [0.05, 0.1) is 22.6 Å². The highest BCUT2D eigenvalue weighted by molar-refractivity contribution is 5.78. The Morgan fingerprint density at radius 1 is 1.27 bits per heavy atom. The topological polar surface area (TPSA) is 44.1 Å². The lowest BCUT2D eigenvalue weighted by molar-refractivity contribution is -0.0498. The van der Waals surface area contributed by atoms with E-state index in [4.69, 9.17) is 0 Å². The van der Waals surface area contributed by atoms with Crippen LogP contribution in [0.5, 0.6) is 5.75 Å². The van der Waals surface area contributed by atoms with Gasteiger partial charge >= 0.3 is 6.61 Å². The third-order valence-corrected chi connectivity index (χ3v) is 3.23. The molecule has 0 radical (unpaired) electrons. The van der Waals surface area contributed by atoms with Crippen LogP contribution in [-0.4, -0.2) is 22.7 Å². The molecule has 0 bridgehead atoms. The van der Waals surface area contributed by atoms with Gasteiger partial charge in [-0.15, -0.1) is 0 Å². The zero-order chi connectivity index (χ0) is 16.3. The number of rotatable bonds is 6. The molecule has 0 saturated carbocycles. The molecule has 0 aliphatic carbocycles. The number of benzene rings is 1. The van der Waals surface area contributed by atoms with Crippen LogP contribution in [0, 0.1) is 12.8 Å². The molecule has 1 heterocycles. The summed E-state index contributed by atoms with van der Waals surface area (Å²) in [6.45, 7) is 3.04. The molecule has 4 nitrogen and oxygen atoms in total. The van der Waals surface area contributed by atoms with Crippen molar-refractivity contribution in [1.82, 2.24) is 9.78 Å². The highest BCUT2D eigenvalue weighted by atomic mass is 19.3. The molecule has 0 spiro atoms. The standard InChI is InChI=1S/C16H18F2N2O2/c1-10(2)8-15-14(9-21)11(3)19-20(15)12-4-6-13(7-5-12)22-16(17)18/h4-7,9-10,16H,8H2,1-3H3. The normalized spacial score (nSPS) is 11.2. The Bertz CT molecular complexity index is 649. The fourth-order valence-corrected chi connectivity index (χ4v) is 2.31. The number of aryl methyl sites for hydroxylation is 1. The molecule has 0 aliphatic heterocycles. The lowest BCUT2D eigenvalue weighted by Gasteiger charge is -2.11. The number of aldehydes is 1. The number of aromatic nitrogens is 2. The van der Waals surface area contributed by atoms with Crippen LogP contribution < -0.4 is 4.74 Å².